The molecular weight excluding hydrogens is 274 g/mol. The summed E-state index contributed by atoms with van der Waals surface area (Å²) in [6.07, 6.45) is 1.87. The summed E-state index contributed by atoms with van der Waals surface area (Å²) in [6, 6.07) is 9.71. The summed E-state index contributed by atoms with van der Waals surface area (Å²) in [5.41, 5.74) is 1.00. The van der Waals surface area contributed by atoms with E-state index in [0.717, 1.165) is 37.2 Å². The van der Waals surface area contributed by atoms with Crippen molar-refractivity contribution in [1.82, 2.24) is 4.90 Å². The molecule has 0 spiro atoms. The maximum Gasteiger partial charge on any atom is 0.410 e. The van der Waals surface area contributed by atoms with Gasteiger partial charge in [0, 0.05) is 24.1 Å². The standard InChI is InChI=1S/C15H21NO3S/c17-9-10-20-14-7-4-8-16(11-14)15(18)19-12-13-5-2-1-3-6-13/h1-3,5-6,14,17H,4,7-12H2/t14-/m1/s1. The van der Waals surface area contributed by atoms with E-state index in [-0.39, 0.29) is 12.7 Å². The van der Waals surface area contributed by atoms with Gasteiger partial charge in [0.05, 0.1) is 6.61 Å². The maximum absolute atomic E-state index is 12.0. The molecule has 20 heavy (non-hydrogen) atoms. The number of benzene rings is 1. The van der Waals surface area contributed by atoms with Crippen LogP contribution in [-0.2, 0) is 11.3 Å². The molecule has 110 valence electrons. The van der Waals surface area contributed by atoms with Crippen LogP contribution in [0, 0.1) is 0 Å². The number of carbonyl (C=O) groups is 1. The van der Waals surface area contributed by atoms with E-state index >= 15 is 0 Å². The van der Waals surface area contributed by atoms with Crippen molar-refractivity contribution in [3.8, 4) is 0 Å². The van der Waals surface area contributed by atoms with Crippen molar-refractivity contribution in [2.45, 2.75) is 24.7 Å². The van der Waals surface area contributed by atoms with Crippen molar-refractivity contribution >= 4 is 17.9 Å². The van der Waals surface area contributed by atoms with E-state index in [4.69, 9.17) is 9.84 Å². The van der Waals surface area contributed by atoms with E-state index in [0.29, 0.717) is 11.9 Å². The molecule has 1 aromatic rings. The molecule has 0 bridgehead atoms. The minimum absolute atomic E-state index is 0.194. The van der Waals surface area contributed by atoms with Crippen LogP contribution in [0.4, 0.5) is 4.79 Å². The van der Waals surface area contributed by atoms with Gasteiger partial charge >= 0.3 is 6.09 Å². The smallest absolute Gasteiger partial charge is 0.410 e. The summed E-state index contributed by atoms with van der Waals surface area (Å²) in [6.45, 7) is 2.01. The average Bonchev–Trinajstić information content (AvgIpc) is 2.52. The Morgan fingerprint density at radius 1 is 1.40 bits per heavy atom. The van der Waals surface area contributed by atoms with Gasteiger partial charge in [-0.05, 0) is 18.4 Å². The molecule has 0 unspecified atom stereocenters. The molecule has 0 aliphatic carbocycles. The Kier molecular flexibility index (Phi) is 6.21. The van der Waals surface area contributed by atoms with Gasteiger partial charge in [0.15, 0.2) is 0 Å². The highest BCUT2D eigenvalue weighted by Crippen LogP contribution is 2.22. The maximum atomic E-state index is 12.0. The average molecular weight is 295 g/mol. The Labute approximate surface area is 124 Å². The van der Waals surface area contributed by atoms with Gasteiger partial charge in [-0.15, -0.1) is 0 Å². The third-order valence-electron chi connectivity index (χ3n) is 3.29. The molecule has 1 N–H and O–H groups in total. The molecule has 0 radical (unpaired) electrons. The Balaban J connectivity index is 1.77. The van der Waals surface area contributed by atoms with Gasteiger partial charge in [-0.2, -0.15) is 11.8 Å². The zero-order valence-corrected chi connectivity index (χ0v) is 12.3. The summed E-state index contributed by atoms with van der Waals surface area (Å²) >= 11 is 1.73. The number of hydrogen-bond donors (Lipinski definition) is 1. The summed E-state index contributed by atoms with van der Waals surface area (Å²) in [4.78, 5) is 13.8. The topological polar surface area (TPSA) is 49.8 Å². The largest absolute Gasteiger partial charge is 0.445 e. The normalized spacial score (nSPS) is 18.9. The second-order valence-electron chi connectivity index (χ2n) is 4.84. The van der Waals surface area contributed by atoms with E-state index in [1.807, 2.05) is 30.3 Å². The first-order valence-corrected chi connectivity index (χ1v) is 8.02. The molecule has 1 atom stereocenters. The van der Waals surface area contributed by atoms with E-state index in [1.165, 1.54) is 0 Å². The molecule has 1 aliphatic rings. The number of aliphatic hydroxyl groups is 1. The van der Waals surface area contributed by atoms with Crippen LogP contribution in [0.15, 0.2) is 30.3 Å². The van der Waals surface area contributed by atoms with E-state index < -0.39 is 0 Å². The highest BCUT2D eigenvalue weighted by Gasteiger charge is 2.24. The Morgan fingerprint density at radius 3 is 2.95 bits per heavy atom. The van der Waals surface area contributed by atoms with Crippen LogP contribution < -0.4 is 0 Å². The molecule has 4 nitrogen and oxygen atoms in total. The first-order valence-electron chi connectivity index (χ1n) is 6.97. The van der Waals surface area contributed by atoms with Crippen LogP contribution >= 0.6 is 11.8 Å². The fourth-order valence-electron chi connectivity index (χ4n) is 2.27. The van der Waals surface area contributed by atoms with Gasteiger partial charge in [0.25, 0.3) is 0 Å². The minimum Gasteiger partial charge on any atom is -0.445 e. The first-order chi connectivity index (χ1) is 9.79. The van der Waals surface area contributed by atoms with Crippen molar-refractivity contribution in [2.75, 3.05) is 25.4 Å². The summed E-state index contributed by atoms with van der Waals surface area (Å²) < 4.78 is 5.35. The van der Waals surface area contributed by atoms with Gasteiger partial charge in [0.2, 0.25) is 0 Å². The molecule has 1 heterocycles. The fraction of sp³-hybridized carbons (Fsp3) is 0.533. The second-order valence-corrected chi connectivity index (χ2v) is 6.25. The Hall–Kier alpha value is -1.20. The van der Waals surface area contributed by atoms with Gasteiger partial charge in [0.1, 0.15) is 6.61 Å². The van der Waals surface area contributed by atoms with Crippen LogP contribution in [0.25, 0.3) is 0 Å². The zero-order valence-electron chi connectivity index (χ0n) is 11.5. The third-order valence-corrected chi connectivity index (χ3v) is 4.56. The van der Waals surface area contributed by atoms with Crippen molar-refractivity contribution in [3.05, 3.63) is 35.9 Å². The van der Waals surface area contributed by atoms with E-state index in [9.17, 15) is 4.79 Å². The lowest BCUT2D eigenvalue weighted by molar-refractivity contribution is 0.0903. The summed E-state index contributed by atoms with van der Waals surface area (Å²) in [5.74, 6) is 0.734. The molecule has 1 saturated heterocycles. The number of carbonyl (C=O) groups excluding carboxylic acids is 1. The Morgan fingerprint density at radius 2 is 2.20 bits per heavy atom. The van der Waals surface area contributed by atoms with Crippen LogP contribution in [0.1, 0.15) is 18.4 Å². The zero-order chi connectivity index (χ0) is 14.2. The predicted octanol–water partition coefficient (Wildman–Crippen LogP) is 2.51. The first kappa shape index (κ1) is 15.2. The van der Waals surface area contributed by atoms with Crippen molar-refractivity contribution < 1.29 is 14.6 Å². The lowest BCUT2D eigenvalue weighted by Gasteiger charge is -2.31. The predicted molar refractivity (Wildman–Crippen MR) is 80.8 cm³/mol. The summed E-state index contributed by atoms with van der Waals surface area (Å²) in [7, 11) is 0. The number of ether oxygens (including phenoxy) is 1. The van der Waals surface area contributed by atoms with Crippen molar-refractivity contribution in [1.29, 1.82) is 0 Å². The number of amides is 1. The lowest BCUT2D eigenvalue weighted by atomic mass is 10.1. The molecule has 0 aromatic heterocycles. The molecule has 1 amide bonds. The number of rotatable bonds is 5. The fourth-order valence-corrected chi connectivity index (χ4v) is 3.33. The minimum atomic E-state index is -0.233. The molecule has 1 aromatic carbocycles. The quantitative estimate of drug-likeness (QED) is 0.907. The van der Waals surface area contributed by atoms with Crippen LogP contribution in [0.3, 0.4) is 0 Å². The molecule has 1 fully saturated rings. The van der Waals surface area contributed by atoms with E-state index in [1.54, 1.807) is 16.7 Å². The molecule has 2 rings (SSSR count). The van der Waals surface area contributed by atoms with Crippen molar-refractivity contribution in [3.63, 3.8) is 0 Å². The van der Waals surface area contributed by atoms with Gasteiger partial charge in [-0.1, -0.05) is 30.3 Å². The Bertz CT molecular complexity index is 413. The highest BCUT2D eigenvalue weighted by atomic mass is 32.2. The molecule has 5 heteroatoms. The number of aliphatic hydroxyl groups excluding tert-OH is 1. The third kappa shape index (κ3) is 4.72. The number of hydrogen-bond acceptors (Lipinski definition) is 4. The number of nitrogens with zero attached hydrogens (tertiary/aromatic N) is 1. The highest BCUT2D eigenvalue weighted by molar-refractivity contribution is 7.99. The lowest BCUT2D eigenvalue weighted by Crippen LogP contribution is -2.41. The van der Waals surface area contributed by atoms with Crippen LogP contribution in [0.5, 0.6) is 0 Å². The van der Waals surface area contributed by atoms with Crippen LogP contribution in [0.2, 0.25) is 0 Å². The number of thioether (sulfide) groups is 1. The van der Waals surface area contributed by atoms with E-state index in [2.05, 4.69) is 0 Å². The molecule has 1 aliphatic heterocycles. The summed E-state index contributed by atoms with van der Waals surface area (Å²) in [5, 5.41) is 9.27. The second kappa shape index (κ2) is 8.17. The number of likely N-dealkylation sites (tertiary alicyclic amines) is 1. The SMILES string of the molecule is O=C(OCc1ccccc1)N1CCC[C@@H](SCCO)C1. The number of piperidine rings is 1. The van der Waals surface area contributed by atoms with Crippen molar-refractivity contribution in [2.24, 2.45) is 0 Å². The van der Waals surface area contributed by atoms with Gasteiger partial charge in [-0.25, -0.2) is 4.79 Å². The monoisotopic (exact) mass is 295 g/mol. The van der Waals surface area contributed by atoms with Gasteiger partial charge in [-0.3, -0.25) is 0 Å². The van der Waals surface area contributed by atoms with Crippen LogP contribution in [-0.4, -0.2) is 46.8 Å². The van der Waals surface area contributed by atoms with Gasteiger partial charge < -0.3 is 14.7 Å². The molecule has 0 saturated carbocycles. The molecular formula is C15H21NO3S.